The molecule has 3 N–H and O–H groups in total. The van der Waals surface area contributed by atoms with Gasteiger partial charge in [0.1, 0.15) is 0 Å². The van der Waals surface area contributed by atoms with E-state index in [2.05, 4.69) is 33.0 Å². The van der Waals surface area contributed by atoms with Gasteiger partial charge in [0.25, 0.3) is 0 Å². The van der Waals surface area contributed by atoms with Gasteiger partial charge in [-0.25, -0.2) is 0 Å². The molecule has 5 saturated carbocycles. The zero-order valence-corrected chi connectivity index (χ0v) is 29.4. The summed E-state index contributed by atoms with van der Waals surface area (Å²) in [4.78, 5) is 11.7. The molecular formula is C39H66N2O4. The number of fused-ring (bicyclic) bond motifs is 7. The molecular weight excluding hydrogens is 560 g/mol. The Kier molecular flexibility index (Phi) is 8.99. The van der Waals surface area contributed by atoms with Gasteiger partial charge in [-0.3, -0.25) is 4.79 Å². The van der Waals surface area contributed by atoms with Crippen LogP contribution in [0.25, 0.3) is 0 Å². The van der Waals surface area contributed by atoms with E-state index in [1.807, 2.05) is 6.92 Å². The van der Waals surface area contributed by atoms with E-state index in [0.717, 1.165) is 49.7 Å². The van der Waals surface area contributed by atoms with E-state index in [1.165, 1.54) is 83.5 Å². The van der Waals surface area contributed by atoms with Gasteiger partial charge in [-0.2, -0.15) is 0 Å². The summed E-state index contributed by atoms with van der Waals surface area (Å²) in [6.07, 6.45) is 19.8. The predicted octanol–water partition coefficient (Wildman–Crippen LogP) is 7.62. The Balaban J connectivity index is 0.958. The van der Waals surface area contributed by atoms with Gasteiger partial charge in [0.15, 0.2) is 5.79 Å². The third-order valence-corrected chi connectivity index (χ3v) is 16.0. The second-order valence-corrected chi connectivity index (χ2v) is 18.1. The fourth-order valence-electron chi connectivity index (χ4n) is 13.4. The maximum Gasteiger partial charge on any atom is 0.305 e. The lowest BCUT2D eigenvalue weighted by molar-refractivity contribution is -0.291. The Bertz CT molecular complexity index is 1070. The van der Waals surface area contributed by atoms with E-state index in [1.54, 1.807) is 0 Å². The van der Waals surface area contributed by atoms with Crippen LogP contribution in [0.4, 0.5) is 0 Å². The van der Waals surface area contributed by atoms with Crippen LogP contribution >= 0.6 is 0 Å². The highest BCUT2D eigenvalue weighted by molar-refractivity contribution is 5.69. The number of nitrogens with one attached hydrogen (secondary N) is 1. The van der Waals surface area contributed by atoms with Crippen LogP contribution in [0, 0.1) is 57.7 Å². The monoisotopic (exact) mass is 627 g/mol. The van der Waals surface area contributed by atoms with E-state index in [9.17, 15) is 4.79 Å². The molecule has 256 valence electrons. The maximum atomic E-state index is 11.7. The number of carbonyl (C=O) groups is 1. The van der Waals surface area contributed by atoms with Crippen molar-refractivity contribution in [2.24, 2.45) is 63.4 Å². The molecule has 2 unspecified atom stereocenters. The first-order chi connectivity index (χ1) is 21.5. The molecule has 0 aromatic rings. The molecule has 2 aliphatic heterocycles. The first-order valence-corrected chi connectivity index (χ1v) is 19.5. The van der Waals surface area contributed by atoms with Crippen molar-refractivity contribution < 1.29 is 19.0 Å². The summed E-state index contributed by atoms with van der Waals surface area (Å²) in [5, 5.41) is 3.78. The SMILES string of the molecule is CCOC(=O)CCCNC1CCCC([C@]2(C)CC[C@@]3(OC2)O[C@H]2C[C@H]4[C@@H]5CC[C@@H]6C[C@H](N)CC[C@]6(C)[C@H]5CC[C@]4(C)[C@H]2[C@@H]3C)C1. The van der Waals surface area contributed by atoms with Crippen molar-refractivity contribution in [1.29, 1.82) is 0 Å². The van der Waals surface area contributed by atoms with Gasteiger partial charge in [-0.1, -0.05) is 34.1 Å². The van der Waals surface area contributed by atoms with Crippen LogP contribution in [0.5, 0.6) is 0 Å². The van der Waals surface area contributed by atoms with Crippen LogP contribution in [0.1, 0.15) is 137 Å². The van der Waals surface area contributed by atoms with Gasteiger partial charge in [0.05, 0.1) is 19.3 Å². The van der Waals surface area contributed by atoms with Crippen molar-refractivity contribution in [2.45, 2.75) is 161 Å². The first-order valence-electron chi connectivity index (χ1n) is 19.5. The smallest absolute Gasteiger partial charge is 0.305 e. The quantitative estimate of drug-likeness (QED) is 0.223. The third kappa shape index (κ3) is 5.56. The lowest BCUT2D eigenvalue weighted by Gasteiger charge is -2.61. The van der Waals surface area contributed by atoms with Crippen LogP contribution in [-0.4, -0.2) is 49.7 Å². The molecule has 6 heteroatoms. The molecule has 0 radical (unpaired) electrons. The first kappa shape index (κ1) is 32.8. The second-order valence-electron chi connectivity index (χ2n) is 18.1. The predicted molar refractivity (Wildman–Crippen MR) is 178 cm³/mol. The number of hydrogen-bond acceptors (Lipinski definition) is 6. The van der Waals surface area contributed by atoms with Gasteiger partial charge in [0.2, 0.25) is 0 Å². The standard InChI is InChI=1S/C39H66N2O4/c1-6-43-34(42)11-8-20-41-29-10-7-9-26(22-29)36(3)18-19-39(44-24-36)25(2)35-33(45-39)23-32-30-13-12-27-21-28(40)14-16-37(27,4)31(30)15-17-38(32,35)5/h25-33,35,41H,6-24,40H2,1-5H3/t25-,26?,27+,28+,29?,30+,31-,32-,33-,35-,36+,37-,38-,39+/m0/s1. The molecule has 0 aromatic carbocycles. The van der Waals surface area contributed by atoms with Gasteiger partial charge in [-0.05, 0) is 149 Å². The Morgan fingerprint density at radius 2 is 1.73 bits per heavy atom. The second kappa shape index (κ2) is 12.3. The van der Waals surface area contributed by atoms with Crippen molar-refractivity contribution >= 4 is 5.97 Å². The number of esters is 1. The molecule has 14 atom stereocenters. The van der Waals surface area contributed by atoms with Crippen molar-refractivity contribution in [2.75, 3.05) is 19.8 Å². The molecule has 2 heterocycles. The van der Waals surface area contributed by atoms with Gasteiger partial charge < -0.3 is 25.3 Å². The summed E-state index contributed by atoms with van der Waals surface area (Å²) in [6, 6.07) is 0.988. The van der Waals surface area contributed by atoms with Crippen molar-refractivity contribution in [1.82, 2.24) is 5.32 Å². The number of nitrogens with two attached hydrogens (primary N) is 1. The van der Waals surface area contributed by atoms with Crippen molar-refractivity contribution in [3.8, 4) is 0 Å². The Morgan fingerprint density at radius 1 is 0.911 bits per heavy atom. The van der Waals surface area contributed by atoms with Gasteiger partial charge >= 0.3 is 5.97 Å². The summed E-state index contributed by atoms with van der Waals surface area (Å²) in [6.45, 7) is 14.4. The molecule has 0 aromatic heterocycles. The van der Waals surface area contributed by atoms with E-state index in [-0.39, 0.29) is 17.2 Å². The highest BCUT2D eigenvalue weighted by Crippen LogP contribution is 2.71. The van der Waals surface area contributed by atoms with Crippen LogP contribution in [0.3, 0.4) is 0 Å². The normalized spacial score (nSPS) is 52.5. The van der Waals surface area contributed by atoms with Crippen molar-refractivity contribution in [3.05, 3.63) is 0 Å². The molecule has 0 bridgehead atoms. The number of rotatable bonds is 7. The molecule has 45 heavy (non-hydrogen) atoms. The summed E-state index contributed by atoms with van der Waals surface area (Å²) in [7, 11) is 0. The minimum atomic E-state index is -0.373. The maximum absolute atomic E-state index is 11.7. The minimum Gasteiger partial charge on any atom is -0.466 e. The summed E-state index contributed by atoms with van der Waals surface area (Å²) in [5.74, 6) is 4.79. The fraction of sp³-hybridized carbons (Fsp3) is 0.974. The van der Waals surface area contributed by atoms with Crippen LogP contribution in [-0.2, 0) is 19.0 Å². The molecule has 1 spiro atoms. The van der Waals surface area contributed by atoms with Crippen LogP contribution in [0.15, 0.2) is 0 Å². The molecule has 7 aliphatic rings. The summed E-state index contributed by atoms with van der Waals surface area (Å²) >= 11 is 0. The average Bonchev–Trinajstić information content (AvgIpc) is 3.47. The summed E-state index contributed by atoms with van der Waals surface area (Å²) in [5.41, 5.74) is 7.60. The average molecular weight is 627 g/mol. The van der Waals surface area contributed by atoms with E-state index in [0.29, 0.717) is 59.8 Å². The topological polar surface area (TPSA) is 82.8 Å². The Hall–Kier alpha value is -0.690. The van der Waals surface area contributed by atoms with E-state index < -0.39 is 0 Å². The Labute approximate surface area is 274 Å². The van der Waals surface area contributed by atoms with E-state index in [4.69, 9.17) is 19.9 Å². The minimum absolute atomic E-state index is 0.0714. The molecule has 6 nitrogen and oxygen atoms in total. The highest BCUT2D eigenvalue weighted by Gasteiger charge is 2.69. The largest absolute Gasteiger partial charge is 0.466 e. The number of carbonyl (C=O) groups excluding carboxylic acids is 1. The van der Waals surface area contributed by atoms with E-state index >= 15 is 0 Å². The van der Waals surface area contributed by atoms with Crippen LogP contribution < -0.4 is 11.1 Å². The zero-order chi connectivity index (χ0) is 31.6. The number of hydrogen-bond donors (Lipinski definition) is 2. The molecule has 5 aliphatic carbocycles. The lowest BCUT2D eigenvalue weighted by atomic mass is 9.44. The van der Waals surface area contributed by atoms with Gasteiger partial charge in [-0.15, -0.1) is 0 Å². The highest BCUT2D eigenvalue weighted by atomic mass is 16.7. The molecule has 7 fully saturated rings. The third-order valence-electron chi connectivity index (χ3n) is 16.0. The Morgan fingerprint density at radius 3 is 2.51 bits per heavy atom. The fourth-order valence-corrected chi connectivity index (χ4v) is 13.4. The van der Waals surface area contributed by atoms with Gasteiger partial charge in [0, 0.05) is 30.8 Å². The molecule has 0 amide bonds. The molecule has 2 saturated heterocycles. The van der Waals surface area contributed by atoms with Crippen molar-refractivity contribution in [3.63, 3.8) is 0 Å². The van der Waals surface area contributed by atoms with Crippen LogP contribution in [0.2, 0.25) is 0 Å². The number of ether oxygens (including phenoxy) is 3. The lowest BCUT2D eigenvalue weighted by Crippen LogP contribution is -2.56. The summed E-state index contributed by atoms with van der Waals surface area (Å²) < 4.78 is 19.4. The molecule has 7 rings (SSSR count). The zero-order valence-electron chi connectivity index (χ0n) is 29.4.